The molecule has 1 rings (SSSR count). The molecule has 0 aromatic carbocycles. The number of allylic oxidation sites excluding steroid dienone is 2. The van der Waals surface area contributed by atoms with Gasteiger partial charge in [0.15, 0.2) is 0 Å². The highest BCUT2D eigenvalue weighted by Gasteiger charge is 1.87. The van der Waals surface area contributed by atoms with Gasteiger partial charge in [-0.15, -0.1) is 11.3 Å². The molecule has 1 heterocycles. The van der Waals surface area contributed by atoms with Crippen LogP contribution in [0.5, 0.6) is 0 Å². The molecular weight excluding hydrogens is 164 g/mol. The highest BCUT2D eigenvalue weighted by Crippen LogP contribution is 1.95. The molecule has 0 unspecified atom stereocenters. The lowest BCUT2D eigenvalue weighted by Crippen LogP contribution is -2.14. The zero-order valence-electron chi connectivity index (χ0n) is 7.85. The Morgan fingerprint density at radius 3 is 2.58 bits per heavy atom. The topological polar surface area (TPSA) is 0 Å². The van der Waals surface area contributed by atoms with Crippen molar-refractivity contribution in [3.63, 3.8) is 0 Å². The van der Waals surface area contributed by atoms with Crippen molar-refractivity contribution in [3.8, 4) is 0 Å². The molecule has 1 aromatic rings. The summed E-state index contributed by atoms with van der Waals surface area (Å²) in [6.07, 6.45) is 4.26. The van der Waals surface area contributed by atoms with Crippen molar-refractivity contribution in [2.24, 2.45) is 0 Å². The summed E-state index contributed by atoms with van der Waals surface area (Å²) in [6, 6.07) is 2.12. The minimum Gasteiger partial charge on any atom is -0.141 e. The van der Waals surface area contributed by atoms with Crippen LogP contribution in [-0.4, -0.2) is 0 Å². The van der Waals surface area contributed by atoms with E-state index in [-0.39, 0.29) is 0 Å². The van der Waals surface area contributed by atoms with Gasteiger partial charge in [-0.25, -0.2) is 0 Å². The Balaban J connectivity index is 3.19. The van der Waals surface area contributed by atoms with Gasteiger partial charge >= 0.3 is 0 Å². The molecule has 0 aliphatic heterocycles. The average molecular weight is 178 g/mol. The molecule has 1 aromatic heterocycles. The summed E-state index contributed by atoms with van der Waals surface area (Å²) in [4.78, 5) is 1.33. The quantitative estimate of drug-likeness (QED) is 0.618. The lowest BCUT2D eigenvalue weighted by Gasteiger charge is -1.80. The lowest BCUT2D eigenvalue weighted by atomic mass is 10.3. The van der Waals surface area contributed by atoms with Crippen molar-refractivity contribution in [2.75, 3.05) is 0 Å². The molecular formula is C11H14S. The van der Waals surface area contributed by atoms with Gasteiger partial charge in [-0.1, -0.05) is 18.2 Å². The van der Waals surface area contributed by atoms with E-state index in [9.17, 15) is 0 Å². The molecule has 0 bridgehead atoms. The summed E-state index contributed by atoms with van der Waals surface area (Å²) in [5.74, 6) is 0. The first-order chi connectivity index (χ1) is 5.59. The van der Waals surface area contributed by atoms with Gasteiger partial charge in [0.2, 0.25) is 0 Å². The van der Waals surface area contributed by atoms with Crippen LogP contribution in [0.4, 0.5) is 0 Å². The maximum Gasteiger partial charge on any atom is 0.0339 e. The number of hydrogen-bond donors (Lipinski definition) is 0. The third-order valence-corrected chi connectivity index (χ3v) is 2.59. The van der Waals surface area contributed by atoms with E-state index in [0.717, 1.165) is 5.22 Å². The maximum atomic E-state index is 3.97. The van der Waals surface area contributed by atoms with Crippen LogP contribution in [0.1, 0.15) is 18.7 Å². The Morgan fingerprint density at radius 2 is 2.17 bits per heavy atom. The monoisotopic (exact) mass is 178 g/mol. The predicted octanol–water partition coefficient (Wildman–Crippen LogP) is 2.21. The SMILES string of the molecule is C=c1cc(C)s/c1=C/C=C(C)C. The predicted molar refractivity (Wildman–Crippen MR) is 57.7 cm³/mol. The van der Waals surface area contributed by atoms with Gasteiger partial charge in [-0.3, -0.25) is 0 Å². The number of rotatable bonds is 1. The van der Waals surface area contributed by atoms with Gasteiger partial charge in [-0.2, -0.15) is 0 Å². The Bertz CT molecular complexity index is 389. The number of thiophene rings is 1. The van der Waals surface area contributed by atoms with Crippen LogP contribution in [0.2, 0.25) is 0 Å². The third-order valence-electron chi connectivity index (χ3n) is 1.53. The van der Waals surface area contributed by atoms with E-state index in [0.29, 0.717) is 0 Å². The highest BCUT2D eigenvalue weighted by atomic mass is 32.1. The fraction of sp³-hybridized carbons (Fsp3) is 0.273. The first-order valence-electron chi connectivity index (χ1n) is 4.00. The second kappa shape index (κ2) is 3.72. The van der Waals surface area contributed by atoms with Crippen molar-refractivity contribution >= 4 is 24.0 Å². The van der Waals surface area contributed by atoms with E-state index in [4.69, 9.17) is 0 Å². The molecule has 64 valence electrons. The summed E-state index contributed by atoms with van der Waals surface area (Å²) in [7, 11) is 0. The Morgan fingerprint density at radius 1 is 1.50 bits per heavy atom. The summed E-state index contributed by atoms with van der Waals surface area (Å²) >= 11 is 1.79. The summed E-state index contributed by atoms with van der Waals surface area (Å²) in [5.41, 5.74) is 1.32. The molecule has 12 heavy (non-hydrogen) atoms. The fourth-order valence-electron chi connectivity index (χ4n) is 0.968. The van der Waals surface area contributed by atoms with Crippen LogP contribution < -0.4 is 9.75 Å². The largest absolute Gasteiger partial charge is 0.141 e. The Hall–Kier alpha value is -0.820. The molecule has 0 radical (unpaired) electrons. The molecule has 0 atom stereocenters. The first-order valence-corrected chi connectivity index (χ1v) is 4.82. The minimum absolute atomic E-state index is 1.13. The molecule has 0 fully saturated rings. The second-order valence-corrected chi connectivity index (χ2v) is 4.45. The maximum absolute atomic E-state index is 3.97. The van der Waals surface area contributed by atoms with Crippen LogP contribution in [0.15, 0.2) is 17.7 Å². The molecule has 0 saturated carbocycles. The zero-order chi connectivity index (χ0) is 9.14. The number of hydrogen-bond acceptors (Lipinski definition) is 1. The summed E-state index contributed by atoms with van der Waals surface area (Å²) < 4.78 is 1.27. The first kappa shape index (κ1) is 9.27. The Labute approximate surface area is 77.6 Å². The Kier molecular flexibility index (Phi) is 2.88. The van der Waals surface area contributed by atoms with Crippen molar-refractivity contribution in [1.29, 1.82) is 0 Å². The summed E-state index contributed by atoms with van der Waals surface area (Å²) in [6.45, 7) is 10.3. The summed E-state index contributed by atoms with van der Waals surface area (Å²) in [5, 5.41) is 1.13. The van der Waals surface area contributed by atoms with Crippen molar-refractivity contribution < 1.29 is 0 Å². The van der Waals surface area contributed by atoms with Crippen LogP contribution in [0, 0.1) is 6.92 Å². The van der Waals surface area contributed by atoms with Gasteiger partial charge in [0.25, 0.3) is 0 Å². The number of aryl methyl sites for hydroxylation is 1. The van der Waals surface area contributed by atoms with E-state index in [1.54, 1.807) is 11.3 Å². The van der Waals surface area contributed by atoms with E-state index in [1.807, 2.05) is 0 Å². The zero-order valence-corrected chi connectivity index (χ0v) is 8.66. The van der Waals surface area contributed by atoms with E-state index >= 15 is 0 Å². The van der Waals surface area contributed by atoms with Crippen LogP contribution in [0.3, 0.4) is 0 Å². The van der Waals surface area contributed by atoms with Crippen LogP contribution in [0.25, 0.3) is 12.7 Å². The van der Waals surface area contributed by atoms with Gasteiger partial charge in [-0.05, 0) is 38.1 Å². The smallest absolute Gasteiger partial charge is 0.0339 e. The van der Waals surface area contributed by atoms with Crippen LogP contribution in [-0.2, 0) is 0 Å². The van der Waals surface area contributed by atoms with Gasteiger partial charge < -0.3 is 0 Å². The molecule has 0 spiro atoms. The second-order valence-electron chi connectivity index (χ2n) is 3.16. The molecule has 0 nitrogen and oxygen atoms in total. The average Bonchev–Trinajstić information content (AvgIpc) is 2.26. The molecule has 0 aliphatic carbocycles. The van der Waals surface area contributed by atoms with E-state index in [1.165, 1.54) is 15.0 Å². The lowest BCUT2D eigenvalue weighted by molar-refractivity contribution is 1.40. The highest BCUT2D eigenvalue weighted by molar-refractivity contribution is 7.09. The van der Waals surface area contributed by atoms with Gasteiger partial charge in [0, 0.05) is 9.41 Å². The molecule has 0 aliphatic rings. The van der Waals surface area contributed by atoms with E-state index in [2.05, 4.69) is 45.6 Å². The molecule has 0 N–H and O–H groups in total. The standard InChI is InChI=1S/C11H14S/c1-8(2)5-6-11-9(3)7-10(4)12-11/h5-7H,3H2,1-2,4H3/b11-6+. The molecule has 0 saturated heterocycles. The van der Waals surface area contributed by atoms with Crippen molar-refractivity contribution in [2.45, 2.75) is 20.8 Å². The van der Waals surface area contributed by atoms with Gasteiger partial charge in [0.05, 0.1) is 0 Å². The molecule has 1 heteroatoms. The van der Waals surface area contributed by atoms with Crippen molar-refractivity contribution in [1.82, 2.24) is 0 Å². The normalized spacial score (nSPS) is 11.8. The van der Waals surface area contributed by atoms with Crippen molar-refractivity contribution in [3.05, 3.63) is 32.3 Å². The third kappa shape index (κ3) is 2.35. The van der Waals surface area contributed by atoms with Gasteiger partial charge in [0.1, 0.15) is 0 Å². The molecule has 0 amide bonds. The minimum atomic E-state index is 1.13. The van der Waals surface area contributed by atoms with Crippen LogP contribution >= 0.6 is 11.3 Å². The van der Waals surface area contributed by atoms with E-state index < -0.39 is 0 Å². The fourth-order valence-corrected chi connectivity index (χ4v) is 1.84.